The van der Waals surface area contributed by atoms with Crippen LogP contribution in [0, 0.1) is 0 Å². The molecule has 21 heavy (non-hydrogen) atoms. The second-order valence-electron chi connectivity index (χ2n) is 5.07. The van der Waals surface area contributed by atoms with Crippen molar-refractivity contribution in [2.24, 2.45) is 0 Å². The van der Waals surface area contributed by atoms with Crippen molar-refractivity contribution < 1.29 is 13.2 Å². The molecular weight excluding hydrogens is 277 g/mol. The summed E-state index contributed by atoms with van der Waals surface area (Å²) in [6.07, 6.45) is -2.44. The topological polar surface area (TPSA) is 24.1 Å². The Labute approximate surface area is 122 Å². The van der Waals surface area contributed by atoms with Crippen LogP contribution in [0.3, 0.4) is 0 Å². The summed E-state index contributed by atoms with van der Waals surface area (Å²) in [5.74, 6) is 0.832. The van der Waals surface area contributed by atoms with Crippen molar-refractivity contribution in [2.75, 3.05) is 6.54 Å². The fraction of sp³-hybridized carbons (Fsp3) is 0.250. The minimum absolute atomic E-state index is 0.467. The molecule has 0 saturated heterocycles. The zero-order valence-corrected chi connectivity index (χ0v) is 11.9. The van der Waals surface area contributed by atoms with Crippen LogP contribution in [0.2, 0.25) is 0 Å². The lowest BCUT2D eigenvalue weighted by Gasteiger charge is -2.22. The van der Waals surface area contributed by atoms with Crippen molar-refractivity contribution in [3.63, 3.8) is 0 Å². The van der Waals surface area contributed by atoms with Gasteiger partial charge in [0.05, 0.1) is 5.56 Å². The number of benzene rings is 1. The van der Waals surface area contributed by atoms with Crippen LogP contribution in [0.4, 0.5) is 13.2 Å². The Morgan fingerprint density at radius 2 is 2.05 bits per heavy atom. The molecule has 2 rings (SSSR count). The number of allylic oxidation sites excluding steroid dienone is 3. The maximum atomic E-state index is 12.8. The van der Waals surface area contributed by atoms with Crippen LogP contribution in [-0.4, -0.2) is 6.54 Å². The summed E-state index contributed by atoms with van der Waals surface area (Å²) in [7, 11) is 0. The summed E-state index contributed by atoms with van der Waals surface area (Å²) < 4.78 is 38.3. The van der Waals surface area contributed by atoms with Crippen LogP contribution in [-0.2, 0) is 6.18 Å². The summed E-state index contributed by atoms with van der Waals surface area (Å²) >= 11 is 0. The van der Waals surface area contributed by atoms with E-state index in [9.17, 15) is 13.2 Å². The van der Waals surface area contributed by atoms with Gasteiger partial charge in [-0.2, -0.15) is 13.2 Å². The molecule has 0 atom stereocenters. The number of alkyl halides is 3. The summed E-state index contributed by atoms with van der Waals surface area (Å²) in [6.45, 7) is 7.97. The van der Waals surface area contributed by atoms with Crippen molar-refractivity contribution in [2.45, 2.75) is 20.0 Å². The van der Waals surface area contributed by atoms with Crippen molar-refractivity contribution in [3.05, 3.63) is 65.1 Å². The van der Waals surface area contributed by atoms with Crippen LogP contribution < -0.4 is 10.6 Å². The molecule has 0 unspecified atom stereocenters. The van der Waals surface area contributed by atoms with Crippen LogP contribution in [0.5, 0.6) is 0 Å². The van der Waals surface area contributed by atoms with E-state index in [2.05, 4.69) is 17.2 Å². The number of nitrogens with one attached hydrogen (secondary N) is 2. The molecule has 0 radical (unpaired) electrons. The first kappa shape index (κ1) is 15.2. The van der Waals surface area contributed by atoms with Gasteiger partial charge >= 0.3 is 6.18 Å². The van der Waals surface area contributed by atoms with E-state index < -0.39 is 11.7 Å². The third-order valence-electron chi connectivity index (χ3n) is 3.14. The van der Waals surface area contributed by atoms with Gasteiger partial charge in [-0.25, -0.2) is 0 Å². The smallest absolute Gasteiger partial charge is 0.367 e. The lowest BCUT2D eigenvalue weighted by Crippen LogP contribution is -2.30. The average molecular weight is 294 g/mol. The maximum absolute atomic E-state index is 12.8. The minimum Gasteiger partial charge on any atom is -0.367 e. The summed E-state index contributed by atoms with van der Waals surface area (Å²) in [6, 6.07) is 5.38. The molecule has 0 aliphatic carbocycles. The third kappa shape index (κ3) is 3.68. The van der Waals surface area contributed by atoms with Gasteiger partial charge in [-0.3, -0.25) is 0 Å². The van der Waals surface area contributed by atoms with E-state index in [4.69, 9.17) is 0 Å². The van der Waals surface area contributed by atoms with Gasteiger partial charge in [0.25, 0.3) is 0 Å². The fourth-order valence-corrected chi connectivity index (χ4v) is 2.14. The Morgan fingerprint density at radius 3 is 2.62 bits per heavy atom. The van der Waals surface area contributed by atoms with E-state index in [0.717, 1.165) is 28.7 Å². The van der Waals surface area contributed by atoms with Gasteiger partial charge in [-0.05, 0) is 42.7 Å². The Balaban J connectivity index is 2.32. The van der Waals surface area contributed by atoms with E-state index >= 15 is 0 Å². The SMILES string of the molecule is C=C(C)NC1=C(C)C=C(c2cccc(C(F)(F)F)c2)CN1. The van der Waals surface area contributed by atoms with Crippen molar-refractivity contribution in [3.8, 4) is 0 Å². The second-order valence-corrected chi connectivity index (χ2v) is 5.07. The number of halogens is 3. The van der Waals surface area contributed by atoms with Crippen LogP contribution in [0.15, 0.2) is 54.0 Å². The van der Waals surface area contributed by atoms with E-state index in [1.807, 2.05) is 19.9 Å². The van der Waals surface area contributed by atoms with Gasteiger partial charge in [0.15, 0.2) is 0 Å². The van der Waals surface area contributed by atoms with Gasteiger partial charge in [0.2, 0.25) is 0 Å². The van der Waals surface area contributed by atoms with E-state index in [1.54, 1.807) is 6.07 Å². The lowest BCUT2D eigenvalue weighted by atomic mass is 9.99. The highest BCUT2D eigenvalue weighted by atomic mass is 19.4. The monoisotopic (exact) mass is 294 g/mol. The highest BCUT2D eigenvalue weighted by Crippen LogP contribution is 2.31. The number of hydrogen-bond acceptors (Lipinski definition) is 2. The van der Waals surface area contributed by atoms with Crippen molar-refractivity contribution >= 4 is 5.57 Å². The molecule has 0 aromatic heterocycles. The molecule has 0 spiro atoms. The molecule has 2 N–H and O–H groups in total. The molecule has 1 aromatic carbocycles. The molecular formula is C16H17F3N2. The Morgan fingerprint density at radius 1 is 1.33 bits per heavy atom. The van der Waals surface area contributed by atoms with Crippen LogP contribution in [0.25, 0.3) is 5.57 Å². The first-order chi connectivity index (χ1) is 9.77. The third-order valence-corrected chi connectivity index (χ3v) is 3.14. The van der Waals surface area contributed by atoms with Crippen molar-refractivity contribution in [1.82, 2.24) is 10.6 Å². The molecule has 1 heterocycles. The van der Waals surface area contributed by atoms with Crippen molar-refractivity contribution in [1.29, 1.82) is 0 Å². The minimum atomic E-state index is -4.32. The first-order valence-electron chi connectivity index (χ1n) is 6.53. The van der Waals surface area contributed by atoms with Crippen LogP contribution >= 0.6 is 0 Å². The highest BCUT2D eigenvalue weighted by Gasteiger charge is 2.30. The zero-order chi connectivity index (χ0) is 15.6. The normalized spacial score (nSPS) is 15.4. The summed E-state index contributed by atoms with van der Waals surface area (Å²) in [5, 5.41) is 6.25. The van der Waals surface area contributed by atoms with E-state index in [0.29, 0.717) is 12.1 Å². The highest BCUT2D eigenvalue weighted by molar-refractivity contribution is 5.71. The van der Waals surface area contributed by atoms with Crippen LogP contribution in [0.1, 0.15) is 25.0 Å². The maximum Gasteiger partial charge on any atom is 0.416 e. The molecule has 0 amide bonds. The van der Waals surface area contributed by atoms with Gasteiger partial charge in [-0.1, -0.05) is 24.8 Å². The van der Waals surface area contributed by atoms with Gasteiger partial charge < -0.3 is 10.6 Å². The predicted octanol–water partition coefficient (Wildman–Crippen LogP) is 4.05. The molecule has 1 aliphatic heterocycles. The van der Waals surface area contributed by atoms with Gasteiger partial charge in [0.1, 0.15) is 5.82 Å². The molecule has 0 fully saturated rings. The summed E-state index contributed by atoms with van der Waals surface area (Å²) in [4.78, 5) is 0. The molecule has 1 aromatic rings. The Kier molecular flexibility index (Phi) is 4.11. The molecule has 0 saturated carbocycles. The number of dihydropyridines is 1. The zero-order valence-electron chi connectivity index (χ0n) is 11.9. The van der Waals surface area contributed by atoms with E-state index in [1.165, 1.54) is 12.1 Å². The van der Waals surface area contributed by atoms with Gasteiger partial charge in [0, 0.05) is 12.2 Å². The largest absolute Gasteiger partial charge is 0.416 e. The predicted molar refractivity (Wildman–Crippen MR) is 78.1 cm³/mol. The fourth-order valence-electron chi connectivity index (χ4n) is 2.14. The quantitative estimate of drug-likeness (QED) is 0.879. The molecule has 2 nitrogen and oxygen atoms in total. The lowest BCUT2D eigenvalue weighted by molar-refractivity contribution is -0.137. The second kappa shape index (κ2) is 5.68. The average Bonchev–Trinajstić information content (AvgIpc) is 2.40. The number of hydrogen-bond donors (Lipinski definition) is 2. The molecule has 0 bridgehead atoms. The Bertz CT molecular complexity index is 625. The summed E-state index contributed by atoms with van der Waals surface area (Å²) in [5.41, 5.74) is 2.50. The molecule has 5 heteroatoms. The standard InChI is InChI=1S/C16H17F3N2/c1-10(2)21-15-11(3)7-13(9-20-15)12-5-4-6-14(8-12)16(17,18)19/h4-8,20-21H,1,9H2,2-3H3. The Hall–Kier alpha value is -2.17. The van der Waals surface area contributed by atoms with E-state index in [-0.39, 0.29) is 0 Å². The number of rotatable bonds is 3. The molecule has 112 valence electrons. The first-order valence-corrected chi connectivity index (χ1v) is 6.53. The molecule has 1 aliphatic rings. The van der Waals surface area contributed by atoms with Gasteiger partial charge in [-0.15, -0.1) is 0 Å².